The Labute approximate surface area is 154 Å². The Balaban J connectivity index is 4.08. The Morgan fingerprint density at radius 3 is 2.16 bits per heavy atom. The number of carbonyl (C=O) groups is 2. The molecule has 0 aliphatic rings. The van der Waals surface area contributed by atoms with Crippen molar-refractivity contribution in [1.29, 1.82) is 0 Å². The van der Waals surface area contributed by atoms with E-state index >= 15 is 0 Å². The van der Waals surface area contributed by atoms with E-state index in [1.54, 1.807) is 12.2 Å². The first-order valence-corrected chi connectivity index (χ1v) is 9.71. The second-order valence-corrected chi connectivity index (χ2v) is 6.94. The number of ether oxygens (including phenoxy) is 1. The van der Waals surface area contributed by atoms with Crippen LogP contribution < -0.4 is 10.6 Å². The van der Waals surface area contributed by atoms with E-state index in [9.17, 15) is 9.59 Å². The molecule has 2 N–H and O–H groups in total. The van der Waals surface area contributed by atoms with E-state index in [2.05, 4.69) is 31.4 Å². The first-order valence-electron chi connectivity index (χ1n) is 9.71. The maximum Gasteiger partial charge on any atom is 0.309 e. The lowest BCUT2D eigenvalue weighted by atomic mass is 9.98. The number of hydrogen-bond donors (Lipinski definition) is 2. The molecule has 2 atom stereocenters. The first kappa shape index (κ1) is 23.6. The third-order valence-electron chi connectivity index (χ3n) is 4.60. The highest BCUT2D eigenvalue weighted by Gasteiger charge is 2.17. The molecule has 0 aliphatic heterocycles. The highest BCUT2D eigenvalue weighted by Crippen LogP contribution is 2.08. The van der Waals surface area contributed by atoms with Crippen LogP contribution in [0.25, 0.3) is 0 Å². The van der Waals surface area contributed by atoms with Gasteiger partial charge in [0, 0.05) is 6.54 Å². The summed E-state index contributed by atoms with van der Waals surface area (Å²) in [6, 6.07) is -0.172. The Hall–Kier alpha value is -1.36. The zero-order valence-corrected chi connectivity index (χ0v) is 16.9. The molecule has 146 valence electrons. The van der Waals surface area contributed by atoms with E-state index in [1.165, 1.54) is 0 Å². The number of amides is 1. The van der Waals surface area contributed by atoms with Crippen molar-refractivity contribution in [3.05, 3.63) is 12.2 Å². The predicted octanol–water partition coefficient (Wildman–Crippen LogP) is 3.44. The van der Waals surface area contributed by atoms with Crippen molar-refractivity contribution in [2.45, 2.75) is 79.4 Å². The molecule has 5 heteroatoms. The summed E-state index contributed by atoms with van der Waals surface area (Å²) in [5, 5.41) is 6.22. The number of nitrogens with one attached hydrogen (secondary N) is 2. The molecule has 0 aliphatic carbocycles. The molecule has 0 radical (unpaired) electrons. The molecule has 0 rings (SSSR count). The number of carbonyl (C=O) groups excluding carboxylic acids is 2. The monoisotopic (exact) mass is 354 g/mol. The smallest absolute Gasteiger partial charge is 0.309 e. The van der Waals surface area contributed by atoms with Crippen molar-refractivity contribution in [3.8, 4) is 0 Å². The second kappa shape index (κ2) is 13.9. The minimum Gasteiger partial charge on any atom is -0.462 e. The molecule has 25 heavy (non-hydrogen) atoms. The van der Waals surface area contributed by atoms with E-state index in [1.807, 2.05) is 20.8 Å². The van der Waals surface area contributed by atoms with Gasteiger partial charge in [-0.2, -0.15) is 0 Å². The maximum atomic E-state index is 12.2. The number of rotatable bonds is 13. The van der Waals surface area contributed by atoms with Crippen LogP contribution in [0.15, 0.2) is 12.2 Å². The van der Waals surface area contributed by atoms with Crippen molar-refractivity contribution < 1.29 is 14.3 Å². The summed E-state index contributed by atoms with van der Waals surface area (Å²) >= 11 is 0. The molecule has 0 saturated carbocycles. The van der Waals surface area contributed by atoms with Crippen LogP contribution in [-0.4, -0.2) is 37.1 Å². The summed E-state index contributed by atoms with van der Waals surface area (Å²) in [7, 11) is 0. The molecule has 0 bridgehead atoms. The van der Waals surface area contributed by atoms with Crippen LogP contribution in [0.3, 0.4) is 0 Å². The lowest BCUT2D eigenvalue weighted by Crippen LogP contribution is -2.45. The average Bonchev–Trinajstić information content (AvgIpc) is 2.59. The van der Waals surface area contributed by atoms with Gasteiger partial charge in [0.1, 0.15) is 6.10 Å². The highest BCUT2D eigenvalue weighted by molar-refractivity contribution is 5.81. The summed E-state index contributed by atoms with van der Waals surface area (Å²) < 4.78 is 5.32. The van der Waals surface area contributed by atoms with E-state index in [0.29, 0.717) is 18.4 Å². The van der Waals surface area contributed by atoms with Gasteiger partial charge < -0.3 is 15.4 Å². The van der Waals surface area contributed by atoms with Gasteiger partial charge >= 0.3 is 5.97 Å². The molecule has 5 nitrogen and oxygen atoms in total. The lowest BCUT2D eigenvalue weighted by molar-refractivity contribution is -0.148. The van der Waals surface area contributed by atoms with Gasteiger partial charge in [-0.15, -0.1) is 0 Å². The summed E-state index contributed by atoms with van der Waals surface area (Å²) in [4.78, 5) is 23.8. The van der Waals surface area contributed by atoms with Gasteiger partial charge in [0.2, 0.25) is 5.91 Å². The molecule has 1 amide bonds. The van der Waals surface area contributed by atoms with Crippen LogP contribution >= 0.6 is 0 Å². The van der Waals surface area contributed by atoms with Gasteiger partial charge in [0.05, 0.1) is 12.5 Å². The summed E-state index contributed by atoms with van der Waals surface area (Å²) in [6.07, 6.45) is 6.22. The van der Waals surface area contributed by atoms with Crippen LogP contribution in [0.2, 0.25) is 0 Å². The van der Waals surface area contributed by atoms with Crippen LogP contribution in [0.5, 0.6) is 0 Å². The molecule has 0 saturated heterocycles. The first-order chi connectivity index (χ1) is 11.8. The molecule has 2 unspecified atom stereocenters. The SMILES string of the molecule is CCC(CC)OC(=O)C/C=C/CNC(=O)C(CC)NCC(C)C(C)C. The molecule has 0 aromatic heterocycles. The maximum absolute atomic E-state index is 12.2. The summed E-state index contributed by atoms with van der Waals surface area (Å²) in [5.74, 6) is 0.911. The highest BCUT2D eigenvalue weighted by atomic mass is 16.5. The fourth-order valence-corrected chi connectivity index (χ4v) is 2.22. The topological polar surface area (TPSA) is 67.4 Å². The van der Waals surface area contributed by atoms with Crippen LogP contribution in [0.4, 0.5) is 0 Å². The van der Waals surface area contributed by atoms with Crippen molar-refractivity contribution >= 4 is 11.9 Å². The average molecular weight is 355 g/mol. The third-order valence-corrected chi connectivity index (χ3v) is 4.60. The van der Waals surface area contributed by atoms with Crippen LogP contribution in [0, 0.1) is 11.8 Å². The number of hydrogen-bond acceptors (Lipinski definition) is 4. The van der Waals surface area contributed by atoms with Gasteiger partial charge in [-0.05, 0) is 37.6 Å². The minimum absolute atomic E-state index is 0.00251. The molecule has 0 aromatic carbocycles. The van der Waals surface area contributed by atoms with Crippen molar-refractivity contribution in [3.63, 3.8) is 0 Å². The van der Waals surface area contributed by atoms with Gasteiger partial charge in [0.25, 0.3) is 0 Å². The Kier molecular flexibility index (Phi) is 13.1. The molecular formula is C20H38N2O3. The van der Waals surface area contributed by atoms with E-state index in [4.69, 9.17) is 4.74 Å². The molecule has 0 spiro atoms. The van der Waals surface area contributed by atoms with E-state index in [-0.39, 0.29) is 30.4 Å². The minimum atomic E-state index is -0.216. The molecule has 0 aromatic rings. The molecule has 0 fully saturated rings. The van der Waals surface area contributed by atoms with Crippen LogP contribution in [-0.2, 0) is 14.3 Å². The quantitative estimate of drug-likeness (QED) is 0.393. The lowest BCUT2D eigenvalue weighted by Gasteiger charge is -2.21. The Morgan fingerprint density at radius 1 is 1.00 bits per heavy atom. The fraction of sp³-hybridized carbons (Fsp3) is 0.800. The Bertz CT molecular complexity index is 404. The standard InChI is InChI=1S/C20H38N2O3/c1-7-17(8-2)25-19(23)12-10-11-13-21-20(24)18(9-3)22-14-16(6)15(4)5/h10-11,15-18,22H,7-9,12-14H2,1-6H3,(H,21,24)/b11-10+. The normalized spacial score (nSPS) is 14.1. The zero-order chi connectivity index (χ0) is 19.2. The second-order valence-electron chi connectivity index (χ2n) is 6.94. The summed E-state index contributed by atoms with van der Waals surface area (Å²) in [5.41, 5.74) is 0. The van der Waals surface area contributed by atoms with Gasteiger partial charge in [0.15, 0.2) is 0 Å². The number of esters is 1. The van der Waals surface area contributed by atoms with Crippen molar-refractivity contribution in [1.82, 2.24) is 10.6 Å². The predicted molar refractivity (Wildman–Crippen MR) is 103 cm³/mol. The van der Waals surface area contributed by atoms with E-state index in [0.717, 1.165) is 25.8 Å². The van der Waals surface area contributed by atoms with Gasteiger partial charge in [-0.3, -0.25) is 9.59 Å². The third kappa shape index (κ3) is 11.0. The fourth-order valence-electron chi connectivity index (χ4n) is 2.22. The van der Waals surface area contributed by atoms with E-state index < -0.39 is 0 Å². The van der Waals surface area contributed by atoms with Crippen molar-refractivity contribution in [2.75, 3.05) is 13.1 Å². The van der Waals surface area contributed by atoms with Gasteiger partial charge in [-0.25, -0.2) is 0 Å². The van der Waals surface area contributed by atoms with Gasteiger partial charge in [-0.1, -0.05) is 53.7 Å². The largest absolute Gasteiger partial charge is 0.462 e. The van der Waals surface area contributed by atoms with Crippen molar-refractivity contribution in [2.24, 2.45) is 11.8 Å². The molecule has 0 heterocycles. The van der Waals surface area contributed by atoms with Crippen LogP contribution in [0.1, 0.15) is 67.2 Å². The summed E-state index contributed by atoms with van der Waals surface area (Å²) in [6.45, 7) is 13.8. The molecular weight excluding hydrogens is 316 g/mol. The Morgan fingerprint density at radius 2 is 1.64 bits per heavy atom. The zero-order valence-electron chi connectivity index (χ0n) is 16.9.